The summed E-state index contributed by atoms with van der Waals surface area (Å²) in [5.41, 5.74) is 4.12. The predicted molar refractivity (Wildman–Crippen MR) is 62.8 cm³/mol. The van der Waals surface area contributed by atoms with E-state index in [0.717, 1.165) is 31.5 Å². The van der Waals surface area contributed by atoms with Gasteiger partial charge in [-0.1, -0.05) is 31.9 Å². The topological polar surface area (TPSA) is 38.4 Å². The van der Waals surface area contributed by atoms with Crippen LogP contribution in [0, 0.1) is 0 Å². The lowest BCUT2D eigenvalue weighted by Gasteiger charge is -2.20. The van der Waals surface area contributed by atoms with Gasteiger partial charge in [0.1, 0.15) is 5.71 Å². The van der Waals surface area contributed by atoms with Crippen molar-refractivity contribution in [1.29, 1.82) is 0 Å². The number of nitrogens with zero attached hydrogens (tertiary/aromatic N) is 1. The van der Waals surface area contributed by atoms with Crippen LogP contribution in [-0.4, -0.2) is 17.9 Å². The highest BCUT2D eigenvalue weighted by atomic mass is 19.4. The van der Waals surface area contributed by atoms with E-state index in [-0.39, 0.29) is 11.6 Å². The molecule has 0 aromatic carbocycles. The third kappa shape index (κ3) is 3.91. The molecule has 2 N–H and O–H groups in total. The second-order valence-electron chi connectivity index (χ2n) is 4.09. The summed E-state index contributed by atoms with van der Waals surface area (Å²) in [6, 6.07) is -0.240. The van der Waals surface area contributed by atoms with Crippen LogP contribution in [0.4, 0.5) is 13.2 Å². The van der Waals surface area contributed by atoms with Crippen LogP contribution in [0.1, 0.15) is 32.1 Å². The molecule has 1 rings (SSSR count). The number of alkyl halides is 3. The molecular formula is C12H17F3N2. The lowest BCUT2D eigenvalue weighted by Crippen LogP contribution is -2.27. The van der Waals surface area contributed by atoms with Gasteiger partial charge >= 0.3 is 6.18 Å². The molecule has 1 aliphatic rings. The van der Waals surface area contributed by atoms with Crippen molar-refractivity contribution in [1.82, 2.24) is 0 Å². The van der Waals surface area contributed by atoms with Crippen LogP contribution in [-0.2, 0) is 0 Å². The smallest absolute Gasteiger partial charge is 0.404 e. The van der Waals surface area contributed by atoms with Gasteiger partial charge in [0.25, 0.3) is 0 Å². The van der Waals surface area contributed by atoms with Gasteiger partial charge in [-0.2, -0.15) is 13.2 Å². The zero-order valence-electron chi connectivity index (χ0n) is 9.63. The number of allylic oxidation sites excluding steroid dienone is 2. The Labute approximate surface area is 99.1 Å². The Balaban J connectivity index is 2.96. The van der Waals surface area contributed by atoms with Crippen LogP contribution < -0.4 is 5.73 Å². The Morgan fingerprint density at radius 2 is 1.82 bits per heavy atom. The molecule has 17 heavy (non-hydrogen) atoms. The van der Waals surface area contributed by atoms with E-state index in [1.807, 2.05) is 0 Å². The minimum atomic E-state index is -4.48. The summed E-state index contributed by atoms with van der Waals surface area (Å²) in [6.45, 7) is 3.33. The molecule has 1 fully saturated rings. The summed E-state index contributed by atoms with van der Waals surface area (Å²) in [4.78, 5) is 3.82. The molecule has 1 saturated carbocycles. The van der Waals surface area contributed by atoms with Crippen molar-refractivity contribution >= 4 is 5.71 Å². The van der Waals surface area contributed by atoms with Gasteiger partial charge < -0.3 is 5.73 Å². The van der Waals surface area contributed by atoms with Crippen LogP contribution in [0.3, 0.4) is 0 Å². The van der Waals surface area contributed by atoms with E-state index in [1.165, 1.54) is 0 Å². The van der Waals surface area contributed by atoms with Crippen LogP contribution in [0.5, 0.6) is 0 Å². The first kappa shape index (κ1) is 13.8. The summed E-state index contributed by atoms with van der Waals surface area (Å²) in [5.74, 6) is 0. The minimum Gasteiger partial charge on any atom is -0.404 e. The third-order valence-electron chi connectivity index (χ3n) is 2.83. The zero-order chi connectivity index (χ0) is 12.9. The molecule has 1 aliphatic carbocycles. The fourth-order valence-corrected chi connectivity index (χ4v) is 1.95. The monoisotopic (exact) mass is 246 g/mol. The highest BCUT2D eigenvalue weighted by Crippen LogP contribution is 2.27. The van der Waals surface area contributed by atoms with Crippen molar-refractivity contribution in [2.24, 2.45) is 10.7 Å². The molecule has 0 aliphatic heterocycles. The van der Waals surface area contributed by atoms with E-state index < -0.39 is 11.9 Å². The van der Waals surface area contributed by atoms with E-state index in [9.17, 15) is 13.2 Å². The number of aliphatic imine (C=N–C) groups is 1. The second kappa shape index (κ2) is 5.89. The standard InChI is InChI=1S/C12H17F3N2/c1-2-9(8-16)11(12(13,14)15)17-10-6-4-3-5-7-10/h2,8,10H,1,3-7,16H2. The average Bonchev–Trinajstić information content (AvgIpc) is 2.29. The molecule has 96 valence electrons. The molecule has 0 aromatic rings. The Morgan fingerprint density at radius 3 is 2.24 bits per heavy atom. The van der Waals surface area contributed by atoms with Crippen LogP contribution in [0.15, 0.2) is 29.4 Å². The van der Waals surface area contributed by atoms with Crippen molar-refractivity contribution in [3.63, 3.8) is 0 Å². The molecule has 0 spiro atoms. The van der Waals surface area contributed by atoms with Gasteiger partial charge in [-0.05, 0) is 12.8 Å². The third-order valence-corrected chi connectivity index (χ3v) is 2.83. The molecule has 0 unspecified atom stereocenters. The van der Waals surface area contributed by atoms with E-state index in [0.29, 0.717) is 12.8 Å². The van der Waals surface area contributed by atoms with Crippen LogP contribution in [0.25, 0.3) is 0 Å². The van der Waals surface area contributed by atoms with Crippen LogP contribution in [0.2, 0.25) is 0 Å². The molecule has 0 atom stereocenters. The first-order valence-corrected chi connectivity index (χ1v) is 5.68. The summed E-state index contributed by atoms with van der Waals surface area (Å²) in [7, 11) is 0. The highest BCUT2D eigenvalue weighted by molar-refractivity contribution is 6.06. The molecule has 0 aromatic heterocycles. The quantitative estimate of drug-likeness (QED) is 0.602. The minimum absolute atomic E-state index is 0.150. The number of nitrogens with two attached hydrogens (primary N) is 1. The van der Waals surface area contributed by atoms with E-state index in [2.05, 4.69) is 11.6 Å². The summed E-state index contributed by atoms with van der Waals surface area (Å²) < 4.78 is 38.5. The maximum absolute atomic E-state index is 12.8. The van der Waals surface area contributed by atoms with Crippen molar-refractivity contribution in [2.75, 3.05) is 0 Å². The van der Waals surface area contributed by atoms with Crippen molar-refractivity contribution in [3.8, 4) is 0 Å². The SMILES string of the molecule is C=CC(=CN)C(=NC1CCCCC1)C(F)(F)F. The molecule has 2 nitrogen and oxygen atoms in total. The van der Waals surface area contributed by atoms with Gasteiger partial charge in [0.05, 0.1) is 6.04 Å². The van der Waals surface area contributed by atoms with Gasteiger partial charge in [-0.25, -0.2) is 0 Å². The van der Waals surface area contributed by atoms with E-state index in [4.69, 9.17) is 5.73 Å². The summed E-state index contributed by atoms with van der Waals surface area (Å²) >= 11 is 0. The lowest BCUT2D eigenvalue weighted by atomic mass is 9.95. The molecule has 0 radical (unpaired) electrons. The molecule has 5 heteroatoms. The number of rotatable bonds is 3. The Bertz CT molecular complexity index is 323. The fraction of sp³-hybridized carbons (Fsp3) is 0.583. The normalized spacial score (nSPS) is 20.4. The maximum Gasteiger partial charge on any atom is 0.433 e. The number of hydrogen-bond acceptors (Lipinski definition) is 2. The van der Waals surface area contributed by atoms with E-state index in [1.54, 1.807) is 0 Å². The van der Waals surface area contributed by atoms with Crippen molar-refractivity contribution < 1.29 is 13.2 Å². The van der Waals surface area contributed by atoms with Gasteiger partial charge in [0, 0.05) is 11.8 Å². The molecule has 0 bridgehead atoms. The van der Waals surface area contributed by atoms with Crippen LogP contribution >= 0.6 is 0 Å². The molecular weight excluding hydrogens is 229 g/mol. The maximum atomic E-state index is 12.8. The van der Waals surface area contributed by atoms with Crippen molar-refractivity contribution in [3.05, 3.63) is 24.4 Å². The van der Waals surface area contributed by atoms with Gasteiger partial charge in [0.2, 0.25) is 0 Å². The predicted octanol–water partition coefficient (Wildman–Crippen LogP) is 3.35. The Hall–Kier alpha value is -1.26. The molecule has 0 amide bonds. The van der Waals surface area contributed by atoms with Gasteiger partial charge in [-0.3, -0.25) is 4.99 Å². The lowest BCUT2D eigenvalue weighted by molar-refractivity contribution is -0.0585. The summed E-state index contributed by atoms with van der Waals surface area (Å²) in [6.07, 6.45) is 1.91. The zero-order valence-corrected chi connectivity index (χ0v) is 9.63. The fourth-order valence-electron chi connectivity index (χ4n) is 1.95. The highest BCUT2D eigenvalue weighted by Gasteiger charge is 2.37. The summed E-state index contributed by atoms with van der Waals surface area (Å²) in [5, 5.41) is 0. The van der Waals surface area contributed by atoms with Gasteiger partial charge in [0.15, 0.2) is 0 Å². The first-order chi connectivity index (χ1) is 7.99. The molecule has 0 heterocycles. The molecule has 0 saturated heterocycles. The average molecular weight is 246 g/mol. The van der Waals surface area contributed by atoms with E-state index >= 15 is 0 Å². The second-order valence-corrected chi connectivity index (χ2v) is 4.09. The Morgan fingerprint density at radius 1 is 1.24 bits per heavy atom. The largest absolute Gasteiger partial charge is 0.433 e. The van der Waals surface area contributed by atoms with Gasteiger partial charge in [-0.15, -0.1) is 0 Å². The first-order valence-electron chi connectivity index (χ1n) is 5.68. The Kier molecular flexibility index (Phi) is 4.78. The van der Waals surface area contributed by atoms with Crippen molar-refractivity contribution in [2.45, 2.75) is 44.3 Å². The number of hydrogen-bond donors (Lipinski definition) is 1. The number of halogens is 3.